The van der Waals surface area contributed by atoms with Crippen LogP contribution in [0.1, 0.15) is 31.4 Å². The van der Waals surface area contributed by atoms with E-state index < -0.39 is 29.5 Å². The van der Waals surface area contributed by atoms with E-state index in [0.29, 0.717) is 24.6 Å². The molecule has 1 saturated carbocycles. The third-order valence-electron chi connectivity index (χ3n) is 3.18. The standard InChI is InChI=1S/C14H16F3NO2/c1-2-20-14(19)13(18-7-8-3-4-8)9-5-11(16)12(17)6-10(9)15/h5-6,8,13,18H,2-4,7H2,1H3. The zero-order chi connectivity index (χ0) is 14.7. The van der Waals surface area contributed by atoms with Crippen molar-refractivity contribution in [2.75, 3.05) is 13.2 Å². The summed E-state index contributed by atoms with van der Waals surface area (Å²) in [5.41, 5.74) is -0.233. The minimum absolute atomic E-state index is 0.131. The monoisotopic (exact) mass is 287 g/mol. The first-order valence-electron chi connectivity index (χ1n) is 6.57. The highest BCUT2D eigenvalue weighted by Gasteiger charge is 2.29. The van der Waals surface area contributed by atoms with Crippen molar-refractivity contribution in [3.05, 3.63) is 35.1 Å². The fourth-order valence-electron chi connectivity index (χ4n) is 1.91. The molecular formula is C14H16F3NO2. The molecule has 0 saturated heterocycles. The van der Waals surface area contributed by atoms with Gasteiger partial charge in [-0.1, -0.05) is 0 Å². The number of carbonyl (C=O) groups is 1. The molecule has 0 radical (unpaired) electrons. The van der Waals surface area contributed by atoms with Gasteiger partial charge in [0.25, 0.3) is 0 Å². The van der Waals surface area contributed by atoms with Gasteiger partial charge in [-0.15, -0.1) is 0 Å². The average Bonchev–Trinajstić information content (AvgIpc) is 3.20. The van der Waals surface area contributed by atoms with Crippen molar-refractivity contribution in [1.82, 2.24) is 5.32 Å². The molecule has 1 fully saturated rings. The van der Waals surface area contributed by atoms with E-state index in [0.717, 1.165) is 12.8 Å². The van der Waals surface area contributed by atoms with Crippen molar-refractivity contribution in [2.24, 2.45) is 5.92 Å². The summed E-state index contributed by atoms with van der Waals surface area (Å²) in [5, 5.41) is 2.87. The number of esters is 1. The maximum atomic E-state index is 13.8. The molecule has 20 heavy (non-hydrogen) atoms. The molecule has 1 aromatic rings. The van der Waals surface area contributed by atoms with Crippen molar-refractivity contribution < 1.29 is 22.7 Å². The van der Waals surface area contributed by atoms with Gasteiger partial charge in [-0.25, -0.2) is 18.0 Å². The molecule has 1 unspecified atom stereocenters. The van der Waals surface area contributed by atoms with Crippen molar-refractivity contribution in [2.45, 2.75) is 25.8 Å². The van der Waals surface area contributed by atoms with Crippen LogP contribution in [0.3, 0.4) is 0 Å². The molecule has 1 N–H and O–H groups in total. The van der Waals surface area contributed by atoms with E-state index in [-0.39, 0.29) is 12.2 Å². The van der Waals surface area contributed by atoms with Crippen LogP contribution in [0.4, 0.5) is 13.2 Å². The Hall–Kier alpha value is -1.56. The fourth-order valence-corrected chi connectivity index (χ4v) is 1.91. The van der Waals surface area contributed by atoms with E-state index in [9.17, 15) is 18.0 Å². The molecule has 0 amide bonds. The first-order chi connectivity index (χ1) is 9.52. The summed E-state index contributed by atoms with van der Waals surface area (Å²) in [5.74, 6) is -3.69. The van der Waals surface area contributed by atoms with Gasteiger partial charge >= 0.3 is 5.97 Å². The van der Waals surface area contributed by atoms with Crippen LogP contribution in [0.2, 0.25) is 0 Å². The third kappa shape index (κ3) is 3.50. The molecule has 6 heteroatoms. The predicted molar refractivity (Wildman–Crippen MR) is 66.4 cm³/mol. The Kier molecular flexibility index (Phi) is 4.65. The molecule has 1 atom stereocenters. The number of hydrogen-bond acceptors (Lipinski definition) is 3. The van der Waals surface area contributed by atoms with Crippen LogP contribution in [0, 0.1) is 23.4 Å². The summed E-state index contributed by atoms with van der Waals surface area (Å²) in [6, 6.07) is 0.0210. The second-order valence-corrected chi connectivity index (χ2v) is 4.82. The van der Waals surface area contributed by atoms with Crippen molar-refractivity contribution in [3.8, 4) is 0 Å². The Labute approximate surface area is 115 Å². The van der Waals surface area contributed by atoms with E-state index in [4.69, 9.17) is 4.74 Å². The summed E-state index contributed by atoms with van der Waals surface area (Å²) in [6.07, 6.45) is 2.09. The summed E-state index contributed by atoms with van der Waals surface area (Å²) in [6.45, 7) is 2.27. The van der Waals surface area contributed by atoms with Gasteiger partial charge in [-0.05, 0) is 38.3 Å². The second kappa shape index (κ2) is 6.26. The van der Waals surface area contributed by atoms with Crippen molar-refractivity contribution >= 4 is 5.97 Å². The number of halogens is 3. The lowest BCUT2D eigenvalue weighted by atomic mass is 10.1. The molecule has 0 bridgehead atoms. The summed E-state index contributed by atoms with van der Waals surface area (Å²) in [4.78, 5) is 11.9. The van der Waals surface area contributed by atoms with Gasteiger partial charge in [0, 0.05) is 11.6 Å². The highest BCUT2D eigenvalue weighted by Crippen LogP contribution is 2.29. The van der Waals surface area contributed by atoms with E-state index in [2.05, 4.69) is 5.32 Å². The lowest BCUT2D eigenvalue weighted by molar-refractivity contribution is -0.146. The number of benzene rings is 1. The summed E-state index contributed by atoms with van der Waals surface area (Å²) < 4.78 is 44.8. The van der Waals surface area contributed by atoms with Gasteiger partial charge in [0.05, 0.1) is 6.61 Å². The van der Waals surface area contributed by atoms with Gasteiger partial charge in [-0.3, -0.25) is 0 Å². The molecule has 0 heterocycles. The van der Waals surface area contributed by atoms with Gasteiger partial charge in [0.1, 0.15) is 11.9 Å². The van der Waals surface area contributed by atoms with E-state index in [1.807, 2.05) is 0 Å². The molecule has 1 aliphatic carbocycles. The maximum absolute atomic E-state index is 13.8. The summed E-state index contributed by atoms with van der Waals surface area (Å²) >= 11 is 0. The molecule has 1 aromatic carbocycles. The Morgan fingerprint density at radius 3 is 2.55 bits per heavy atom. The Morgan fingerprint density at radius 2 is 1.95 bits per heavy atom. The minimum atomic E-state index is -1.28. The molecule has 0 aliphatic heterocycles. The second-order valence-electron chi connectivity index (χ2n) is 4.82. The van der Waals surface area contributed by atoms with Crippen LogP contribution in [0.25, 0.3) is 0 Å². The Bertz CT molecular complexity index is 503. The zero-order valence-electron chi connectivity index (χ0n) is 11.1. The SMILES string of the molecule is CCOC(=O)C(NCC1CC1)c1cc(F)c(F)cc1F. The fraction of sp³-hybridized carbons (Fsp3) is 0.500. The lowest BCUT2D eigenvalue weighted by Gasteiger charge is -2.18. The largest absolute Gasteiger partial charge is 0.465 e. The van der Waals surface area contributed by atoms with Crippen LogP contribution in [-0.4, -0.2) is 19.1 Å². The number of ether oxygens (including phenoxy) is 1. The van der Waals surface area contributed by atoms with Crippen LogP contribution in [0.5, 0.6) is 0 Å². The maximum Gasteiger partial charge on any atom is 0.327 e. The topological polar surface area (TPSA) is 38.3 Å². The predicted octanol–water partition coefficient (Wildman–Crippen LogP) is 2.71. The molecule has 110 valence electrons. The van der Waals surface area contributed by atoms with Crippen molar-refractivity contribution in [3.63, 3.8) is 0 Å². The zero-order valence-corrected chi connectivity index (χ0v) is 11.1. The molecular weight excluding hydrogens is 271 g/mol. The number of rotatable bonds is 6. The molecule has 1 aliphatic rings. The Balaban J connectivity index is 2.23. The van der Waals surface area contributed by atoms with Gasteiger partial charge in [0.15, 0.2) is 11.6 Å². The van der Waals surface area contributed by atoms with Crippen LogP contribution < -0.4 is 5.32 Å². The Morgan fingerprint density at radius 1 is 1.30 bits per heavy atom. The smallest absolute Gasteiger partial charge is 0.327 e. The minimum Gasteiger partial charge on any atom is -0.465 e. The van der Waals surface area contributed by atoms with Crippen molar-refractivity contribution in [1.29, 1.82) is 0 Å². The molecule has 0 spiro atoms. The molecule has 0 aromatic heterocycles. The molecule has 2 rings (SSSR count). The van der Waals surface area contributed by atoms with E-state index >= 15 is 0 Å². The lowest BCUT2D eigenvalue weighted by Crippen LogP contribution is -2.32. The van der Waals surface area contributed by atoms with Gasteiger partial charge < -0.3 is 10.1 Å². The first-order valence-corrected chi connectivity index (χ1v) is 6.57. The summed E-state index contributed by atoms with van der Waals surface area (Å²) in [7, 11) is 0. The first kappa shape index (κ1) is 14.8. The van der Waals surface area contributed by atoms with E-state index in [1.165, 1.54) is 0 Å². The van der Waals surface area contributed by atoms with Crippen LogP contribution >= 0.6 is 0 Å². The van der Waals surface area contributed by atoms with Gasteiger partial charge in [-0.2, -0.15) is 0 Å². The number of carbonyl (C=O) groups excluding carboxylic acids is 1. The van der Waals surface area contributed by atoms with Crippen LogP contribution in [-0.2, 0) is 9.53 Å². The van der Waals surface area contributed by atoms with E-state index in [1.54, 1.807) is 6.92 Å². The van der Waals surface area contributed by atoms with Gasteiger partial charge in [0.2, 0.25) is 0 Å². The number of hydrogen-bond donors (Lipinski definition) is 1. The third-order valence-corrected chi connectivity index (χ3v) is 3.18. The normalized spacial score (nSPS) is 16.0. The highest BCUT2D eigenvalue weighted by atomic mass is 19.2. The quantitative estimate of drug-likeness (QED) is 0.646. The van der Waals surface area contributed by atoms with Crippen LogP contribution in [0.15, 0.2) is 12.1 Å². The number of nitrogens with one attached hydrogen (secondary N) is 1. The average molecular weight is 287 g/mol. The highest BCUT2D eigenvalue weighted by molar-refractivity contribution is 5.77. The molecule has 3 nitrogen and oxygen atoms in total.